The summed E-state index contributed by atoms with van der Waals surface area (Å²) in [5, 5.41) is 4.34. The van der Waals surface area contributed by atoms with Crippen molar-refractivity contribution in [2.45, 2.75) is 97.9 Å². The maximum Gasteiger partial charge on any atom is 0.323 e. The van der Waals surface area contributed by atoms with Crippen molar-refractivity contribution in [2.75, 3.05) is 19.5 Å². The molecule has 0 amide bonds. The Morgan fingerprint density at radius 3 is 2.63 bits per heavy atom. The Kier molecular flexibility index (Phi) is 12.4. The van der Waals surface area contributed by atoms with Crippen molar-refractivity contribution >= 4 is 34.6 Å². The number of benzene rings is 1. The van der Waals surface area contributed by atoms with Crippen LogP contribution in [0.4, 0.5) is 5.95 Å². The van der Waals surface area contributed by atoms with Crippen molar-refractivity contribution in [2.24, 2.45) is 5.92 Å². The number of aryl methyl sites for hydroxylation is 1. The highest BCUT2D eigenvalue weighted by Gasteiger charge is 2.26. The van der Waals surface area contributed by atoms with Crippen molar-refractivity contribution in [3.05, 3.63) is 69.8 Å². The predicted octanol–water partition coefficient (Wildman–Crippen LogP) is 6.94. The number of nitrogen functional groups attached to an aromatic ring is 1. The molecule has 1 aromatic carbocycles. The molecule has 1 unspecified atom stereocenters. The first-order chi connectivity index (χ1) is 23.6. The molecule has 0 spiro atoms. The van der Waals surface area contributed by atoms with E-state index in [9.17, 15) is 4.79 Å². The van der Waals surface area contributed by atoms with Gasteiger partial charge in [0.05, 0.1) is 36.9 Å². The molecule has 0 radical (unpaired) electrons. The first-order valence-corrected chi connectivity index (χ1v) is 17.5. The molecule has 1 atom stereocenters. The molecule has 3 heterocycles. The van der Waals surface area contributed by atoms with E-state index < -0.39 is 0 Å². The van der Waals surface area contributed by atoms with Crippen molar-refractivity contribution in [3.8, 4) is 23.3 Å². The van der Waals surface area contributed by atoms with E-state index >= 15 is 0 Å². The molecule has 3 aromatic heterocycles. The molecule has 0 aliphatic heterocycles. The summed E-state index contributed by atoms with van der Waals surface area (Å²) in [6.07, 6.45) is 10.1. The Morgan fingerprint density at radius 2 is 1.92 bits per heavy atom. The fourth-order valence-electron chi connectivity index (χ4n) is 6.21. The van der Waals surface area contributed by atoms with E-state index in [4.69, 9.17) is 31.5 Å². The first kappa shape index (κ1) is 36.0. The number of nitrogens with two attached hydrogens (primary N) is 1. The van der Waals surface area contributed by atoms with Gasteiger partial charge < -0.3 is 29.8 Å². The Balaban J connectivity index is 1.14. The van der Waals surface area contributed by atoms with Crippen LogP contribution in [0.1, 0.15) is 86.7 Å². The predicted molar refractivity (Wildman–Crippen MR) is 193 cm³/mol. The van der Waals surface area contributed by atoms with E-state index in [1.54, 1.807) is 13.3 Å². The van der Waals surface area contributed by atoms with Crippen molar-refractivity contribution in [3.63, 3.8) is 0 Å². The second-order valence-corrected chi connectivity index (χ2v) is 13.5. The molecule has 49 heavy (non-hydrogen) atoms. The second kappa shape index (κ2) is 16.9. The van der Waals surface area contributed by atoms with Crippen LogP contribution in [0, 0.1) is 31.6 Å². The summed E-state index contributed by atoms with van der Waals surface area (Å²) in [4.78, 5) is 26.1. The minimum absolute atomic E-state index is 0.0724. The molecule has 5 rings (SSSR count). The zero-order valence-corrected chi connectivity index (χ0v) is 29.9. The fourth-order valence-corrected chi connectivity index (χ4v) is 6.48. The zero-order chi connectivity index (χ0) is 34.9. The third kappa shape index (κ3) is 9.43. The van der Waals surface area contributed by atoms with E-state index in [1.165, 1.54) is 0 Å². The topological polar surface area (TPSA) is 126 Å². The number of ether oxygens (including phenoxy) is 3. The van der Waals surface area contributed by atoms with Crippen LogP contribution in [0.5, 0.6) is 11.5 Å². The van der Waals surface area contributed by atoms with Crippen LogP contribution in [0.3, 0.4) is 0 Å². The molecule has 0 bridgehead atoms. The summed E-state index contributed by atoms with van der Waals surface area (Å²) >= 11 is 6.53. The number of fused-ring (bicyclic) bond motifs is 1. The van der Waals surface area contributed by atoms with Crippen LogP contribution in [-0.2, 0) is 22.6 Å². The van der Waals surface area contributed by atoms with Gasteiger partial charge in [0, 0.05) is 36.5 Å². The lowest BCUT2D eigenvalue weighted by atomic mass is 10.0. The smallest absolute Gasteiger partial charge is 0.323 e. The number of anilines is 1. The molecule has 260 valence electrons. The number of halogens is 1. The SMILES string of the molecule is COc1c(C)cnc(Cn2cc(C#CCCCOc3ccc(CNC(CC(C)C)C(=O)OC4CCCC4)cc3)c3c(Cl)nc(N)nc32)c1C. The molecule has 1 aliphatic rings. The number of rotatable bonds is 14. The largest absolute Gasteiger partial charge is 0.496 e. The summed E-state index contributed by atoms with van der Waals surface area (Å²) in [5.41, 5.74) is 11.1. The Labute approximate surface area is 294 Å². The number of methoxy groups -OCH3 is 1. The lowest BCUT2D eigenvalue weighted by Gasteiger charge is -2.22. The molecule has 1 fully saturated rings. The van der Waals surface area contributed by atoms with E-state index in [0.29, 0.717) is 43.1 Å². The highest BCUT2D eigenvalue weighted by molar-refractivity contribution is 6.34. The minimum Gasteiger partial charge on any atom is -0.496 e. The summed E-state index contributed by atoms with van der Waals surface area (Å²) in [6, 6.07) is 7.65. The number of nitrogens with zero attached hydrogens (tertiary/aromatic N) is 4. The average molecular weight is 687 g/mol. The Bertz CT molecular complexity index is 1810. The molecule has 1 saturated carbocycles. The second-order valence-electron chi connectivity index (χ2n) is 13.1. The molecule has 10 nitrogen and oxygen atoms in total. The van der Waals surface area contributed by atoms with Gasteiger partial charge in [-0.05, 0) is 76.0 Å². The van der Waals surface area contributed by atoms with Crippen molar-refractivity contribution in [1.29, 1.82) is 0 Å². The monoisotopic (exact) mass is 686 g/mol. The van der Waals surface area contributed by atoms with E-state index in [-0.39, 0.29) is 29.2 Å². The third-order valence-electron chi connectivity index (χ3n) is 8.75. The number of esters is 1. The van der Waals surface area contributed by atoms with Crippen LogP contribution in [0.25, 0.3) is 11.0 Å². The van der Waals surface area contributed by atoms with Crippen LogP contribution < -0.4 is 20.5 Å². The van der Waals surface area contributed by atoms with Gasteiger partial charge in [-0.2, -0.15) is 4.98 Å². The van der Waals surface area contributed by atoms with Gasteiger partial charge in [0.25, 0.3) is 0 Å². The number of hydrogen-bond donors (Lipinski definition) is 2. The number of aromatic nitrogens is 4. The fraction of sp³-hybridized carbons (Fsp3) is 0.474. The normalized spacial score (nSPS) is 13.8. The summed E-state index contributed by atoms with van der Waals surface area (Å²) in [6.45, 7) is 9.77. The Hall–Kier alpha value is -4.33. The zero-order valence-electron chi connectivity index (χ0n) is 29.1. The highest BCUT2D eigenvalue weighted by atomic mass is 35.5. The number of nitrogens with one attached hydrogen (secondary N) is 1. The molecule has 0 saturated heterocycles. The molecular weight excluding hydrogens is 640 g/mol. The Morgan fingerprint density at radius 1 is 1.16 bits per heavy atom. The van der Waals surface area contributed by atoms with E-state index in [0.717, 1.165) is 78.0 Å². The van der Waals surface area contributed by atoms with Gasteiger partial charge in [0.15, 0.2) is 0 Å². The van der Waals surface area contributed by atoms with Gasteiger partial charge >= 0.3 is 5.97 Å². The van der Waals surface area contributed by atoms with Gasteiger partial charge in [-0.15, -0.1) is 0 Å². The van der Waals surface area contributed by atoms with Crippen molar-refractivity contribution in [1.82, 2.24) is 24.8 Å². The highest BCUT2D eigenvalue weighted by Crippen LogP contribution is 2.29. The third-order valence-corrected chi connectivity index (χ3v) is 9.02. The quantitative estimate of drug-likeness (QED) is 0.0628. The van der Waals surface area contributed by atoms with Crippen LogP contribution in [0.2, 0.25) is 5.15 Å². The van der Waals surface area contributed by atoms with Gasteiger partial charge in [0.1, 0.15) is 34.4 Å². The summed E-state index contributed by atoms with van der Waals surface area (Å²) in [7, 11) is 1.66. The summed E-state index contributed by atoms with van der Waals surface area (Å²) < 4.78 is 19.3. The number of hydrogen-bond acceptors (Lipinski definition) is 9. The van der Waals surface area contributed by atoms with Crippen LogP contribution >= 0.6 is 11.6 Å². The lowest BCUT2D eigenvalue weighted by molar-refractivity contribution is -0.151. The lowest BCUT2D eigenvalue weighted by Crippen LogP contribution is -2.40. The average Bonchev–Trinajstić information content (AvgIpc) is 3.70. The molecule has 4 aromatic rings. The van der Waals surface area contributed by atoms with Gasteiger partial charge in [0.2, 0.25) is 5.95 Å². The molecule has 3 N–H and O–H groups in total. The van der Waals surface area contributed by atoms with Gasteiger partial charge in [-0.3, -0.25) is 9.78 Å². The first-order valence-electron chi connectivity index (χ1n) is 17.1. The maximum absolute atomic E-state index is 12.8. The number of carbonyl (C=O) groups is 1. The van der Waals surface area contributed by atoms with E-state index in [1.807, 2.05) is 48.9 Å². The summed E-state index contributed by atoms with van der Waals surface area (Å²) in [5.74, 6) is 8.45. The van der Waals surface area contributed by atoms with Crippen LogP contribution in [0.15, 0.2) is 36.7 Å². The number of pyridine rings is 1. The standard InChI is InChI=1S/C38H47ClN6O4/c1-24(2)19-31(37(46)49-30-12-8-9-13-30)42-21-27-14-16-29(17-15-27)48-18-10-6-7-11-28-22-45(36-33(28)35(39)43-38(40)44-36)23-32-26(4)34(47-5)25(3)20-41-32/h14-17,20,22,24,30-31,42H,6,8-10,12-13,18-19,21,23H2,1-5H3,(H2,40,43,44). The molecular formula is C38H47ClN6O4. The molecule has 11 heteroatoms. The van der Waals surface area contributed by atoms with E-state index in [2.05, 4.69) is 46.0 Å². The maximum atomic E-state index is 12.8. The van der Waals surface area contributed by atoms with Crippen LogP contribution in [-0.4, -0.2) is 51.4 Å². The number of unbranched alkanes of at least 4 members (excludes halogenated alkanes) is 1. The van der Waals surface area contributed by atoms with Gasteiger partial charge in [-0.1, -0.05) is 49.4 Å². The van der Waals surface area contributed by atoms with Crippen molar-refractivity contribution < 1.29 is 19.0 Å². The number of carbonyl (C=O) groups excluding carboxylic acids is 1. The minimum atomic E-state index is -0.311. The molecule has 1 aliphatic carbocycles. The van der Waals surface area contributed by atoms with Gasteiger partial charge in [-0.25, -0.2) is 4.98 Å².